The Hall–Kier alpha value is 0.901. The van der Waals surface area contributed by atoms with E-state index in [1.165, 1.54) is 0 Å². The summed E-state index contributed by atoms with van der Waals surface area (Å²) >= 11 is -2.44. The molecule has 2 aromatic carbocycles. The van der Waals surface area contributed by atoms with Gasteiger partial charge in [0, 0.05) is 0 Å². The zero-order valence-corrected chi connectivity index (χ0v) is 18.5. The molecule has 0 unspecified atom stereocenters. The summed E-state index contributed by atoms with van der Waals surface area (Å²) in [6, 6.07) is 2.40. The van der Waals surface area contributed by atoms with Crippen molar-refractivity contribution >= 4 is 87.6 Å². The zero-order chi connectivity index (χ0) is 14.7. The SMILES string of the molecule is FB(F)c1c(F)c2c3n[te]nc3[c-]c(F)c2c2n[te]nc12.[K+]. The molecule has 0 atom stereocenters. The van der Waals surface area contributed by atoms with Crippen molar-refractivity contribution in [1.82, 2.24) is 12.8 Å². The van der Waals surface area contributed by atoms with Crippen molar-refractivity contribution in [2.24, 2.45) is 0 Å². The molecule has 0 saturated carbocycles. The molecule has 12 heteroatoms. The summed E-state index contributed by atoms with van der Waals surface area (Å²) in [6.07, 6.45) is 0. The number of fused-ring (bicyclic) bond motifs is 5. The van der Waals surface area contributed by atoms with Crippen molar-refractivity contribution < 1.29 is 68.8 Å². The molecule has 0 aliphatic carbocycles. The minimum absolute atomic E-state index is 0. The maximum absolute atomic E-state index is 14.6. The molecule has 0 aliphatic rings. The fourth-order valence-electron chi connectivity index (χ4n) is 2.23. The van der Waals surface area contributed by atoms with E-state index in [9.17, 15) is 17.4 Å². The van der Waals surface area contributed by atoms with Gasteiger partial charge in [-0.05, 0) is 0 Å². The number of aromatic nitrogens is 4. The van der Waals surface area contributed by atoms with Crippen molar-refractivity contribution in [2.75, 3.05) is 0 Å². The van der Waals surface area contributed by atoms with Crippen molar-refractivity contribution in [3.63, 3.8) is 0 Å². The van der Waals surface area contributed by atoms with Crippen LogP contribution in [0.4, 0.5) is 17.4 Å². The normalized spacial score (nSPS) is 11.3. The fraction of sp³-hybridized carbons (Fsp3) is 0. The van der Waals surface area contributed by atoms with E-state index in [4.69, 9.17) is 0 Å². The number of hydrogen-bond donors (Lipinski definition) is 0. The molecule has 0 radical (unpaired) electrons. The summed E-state index contributed by atoms with van der Waals surface area (Å²) in [5, 5.41) is -0.430. The van der Waals surface area contributed by atoms with E-state index >= 15 is 0 Å². The fourth-order valence-corrected chi connectivity index (χ4v) is 5.32. The molecule has 0 amide bonds. The van der Waals surface area contributed by atoms with E-state index in [-0.39, 0.29) is 84.2 Å². The van der Waals surface area contributed by atoms with Gasteiger partial charge in [-0.1, -0.05) is 0 Å². The molecule has 0 spiro atoms. The predicted octanol–water partition coefficient (Wildman–Crippen LogP) is -2.44. The molecule has 4 rings (SSSR count). The molecule has 0 fully saturated rings. The summed E-state index contributed by atoms with van der Waals surface area (Å²) in [5.74, 6) is -2.02. The minimum Gasteiger partial charge on any atom is 1.00 e. The topological polar surface area (TPSA) is 51.6 Å². The largest absolute Gasteiger partial charge is 1.00 e. The van der Waals surface area contributed by atoms with Crippen molar-refractivity contribution in [1.29, 1.82) is 0 Å². The summed E-state index contributed by atoms with van der Waals surface area (Å²) in [4.78, 5) is 0. The third-order valence-electron chi connectivity index (χ3n) is 3.08. The Morgan fingerprint density at radius 2 is 1.50 bits per heavy atom. The first-order valence-electron chi connectivity index (χ1n) is 5.48. The van der Waals surface area contributed by atoms with Crippen molar-refractivity contribution in [3.05, 3.63) is 17.7 Å². The van der Waals surface area contributed by atoms with E-state index in [1.807, 2.05) is 0 Å². The van der Waals surface area contributed by atoms with Gasteiger partial charge in [-0.2, -0.15) is 0 Å². The molecule has 104 valence electrons. The van der Waals surface area contributed by atoms with Gasteiger partial charge < -0.3 is 0 Å². The van der Waals surface area contributed by atoms with Crippen molar-refractivity contribution in [3.8, 4) is 0 Å². The summed E-state index contributed by atoms with van der Waals surface area (Å²) in [7, 11) is -3.05. The number of benzene rings is 2. The first kappa shape index (κ1) is 17.7. The van der Waals surface area contributed by atoms with Crippen LogP contribution in [0.1, 0.15) is 0 Å². The van der Waals surface area contributed by atoms with Crippen LogP contribution in [-0.4, -0.2) is 62.1 Å². The van der Waals surface area contributed by atoms with Gasteiger partial charge in [-0.25, -0.2) is 0 Å². The van der Waals surface area contributed by atoms with Gasteiger partial charge in [0.25, 0.3) is 0 Å². The summed E-state index contributed by atoms with van der Waals surface area (Å²) in [6.45, 7) is 0. The molecule has 2 aromatic heterocycles. The Bertz CT molecular complexity index is 1020. The third-order valence-corrected chi connectivity index (χ3v) is 6.09. The second-order valence-electron chi connectivity index (χ2n) is 4.14. The van der Waals surface area contributed by atoms with Gasteiger partial charge in [-0.3, -0.25) is 0 Å². The van der Waals surface area contributed by atoms with Crippen LogP contribution in [0.2, 0.25) is 0 Å². The van der Waals surface area contributed by atoms with Crippen LogP contribution in [0.15, 0.2) is 0 Å². The van der Waals surface area contributed by atoms with Crippen LogP contribution < -0.4 is 56.8 Å². The Kier molecular flexibility index (Phi) is 5.36. The molecule has 22 heavy (non-hydrogen) atoms. The quantitative estimate of drug-likeness (QED) is 0.148. The Morgan fingerprint density at radius 1 is 0.864 bits per heavy atom. The van der Waals surface area contributed by atoms with Gasteiger partial charge in [0.1, 0.15) is 0 Å². The first-order valence-corrected chi connectivity index (χ1v) is 9.65. The molecule has 4 aromatic rings. The maximum atomic E-state index is 14.6. The van der Waals surface area contributed by atoms with Gasteiger partial charge in [0.2, 0.25) is 0 Å². The molecule has 0 N–H and O–H groups in total. The van der Waals surface area contributed by atoms with E-state index in [1.54, 1.807) is 0 Å². The number of hydrogen-bond acceptors (Lipinski definition) is 4. The minimum atomic E-state index is -3.05. The molecule has 0 saturated heterocycles. The number of halogens is 4. The third kappa shape index (κ3) is 2.56. The van der Waals surface area contributed by atoms with E-state index in [2.05, 4.69) is 18.9 Å². The Balaban J connectivity index is 0.00000144. The van der Waals surface area contributed by atoms with Crippen molar-refractivity contribution in [2.45, 2.75) is 0 Å². The van der Waals surface area contributed by atoms with Gasteiger partial charge in [-0.15, -0.1) is 0 Å². The summed E-state index contributed by atoms with van der Waals surface area (Å²) < 4.78 is 71.2. The average molecular weight is 557 g/mol. The second-order valence-corrected chi connectivity index (χ2v) is 7.16. The van der Waals surface area contributed by atoms with Gasteiger partial charge >= 0.3 is 187 Å². The second kappa shape index (κ2) is 6.66. The number of nitrogens with zero attached hydrogens (tertiary/aromatic N) is 4. The number of rotatable bonds is 1. The monoisotopic (exact) mass is 562 g/mol. The van der Waals surface area contributed by atoms with Crippen LogP contribution in [0, 0.1) is 17.7 Å². The standard InChI is InChI=1S/C10BF4N4Te2.K/c12-2-1-3-8(17-20-16-3)5-4(2)9-10(19-21-18-9)6(7(5)13)11(14)15;/q-1;+1. The molecule has 4 nitrogen and oxygen atoms in total. The smallest absolute Gasteiger partial charge is 1.00 e. The summed E-state index contributed by atoms with van der Waals surface area (Å²) in [5.41, 5.74) is -0.828. The Labute approximate surface area is 184 Å². The van der Waals surface area contributed by atoms with Crippen LogP contribution in [0.25, 0.3) is 32.8 Å². The zero-order valence-electron chi connectivity index (χ0n) is 10.7. The average Bonchev–Trinajstić information content (AvgIpc) is 3.05. The van der Waals surface area contributed by atoms with E-state index < -0.39 is 66.4 Å². The maximum Gasteiger partial charge on any atom is 1.00 e. The molecule has 0 aliphatic heterocycles. The molecule has 2 heterocycles. The van der Waals surface area contributed by atoms with E-state index in [0.29, 0.717) is 0 Å². The predicted molar refractivity (Wildman–Crippen MR) is 70.4 cm³/mol. The van der Waals surface area contributed by atoms with Crippen LogP contribution in [-0.2, 0) is 0 Å². The van der Waals surface area contributed by atoms with Gasteiger partial charge in [0.15, 0.2) is 0 Å². The molecular formula is C10BF4KN4Te2. The van der Waals surface area contributed by atoms with Crippen LogP contribution in [0.5, 0.6) is 0 Å². The van der Waals surface area contributed by atoms with Crippen LogP contribution >= 0.6 is 0 Å². The molecule has 0 bridgehead atoms. The van der Waals surface area contributed by atoms with Gasteiger partial charge in [0.05, 0.1) is 0 Å². The Morgan fingerprint density at radius 3 is 2.23 bits per heavy atom. The van der Waals surface area contributed by atoms with Crippen LogP contribution in [0.3, 0.4) is 0 Å². The molecular weight excluding hydrogens is 557 g/mol. The van der Waals surface area contributed by atoms with E-state index in [0.717, 1.165) is 0 Å². The first-order chi connectivity index (χ1) is 10.1.